The molecule has 172 valence electrons. The third kappa shape index (κ3) is 6.36. The van der Waals surface area contributed by atoms with E-state index in [1.165, 1.54) is 29.2 Å². The third-order valence-electron chi connectivity index (χ3n) is 5.65. The summed E-state index contributed by atoms with van der Waals surface area (Å²) in [5.41, 5.74) is 0.568. The molecule has 1 aliphatic rings. The van der Waals surface area contributed by atoms with E-state index in [4.69, 9.17) is 27.9 Å². The van der Waals surface area contributed by atoms with Crippen LogP contribution in [0.15, 0.2) is 42.5 Å². The number of rotatable bonds is 9. The largest absolute Gasteiger partial charge is 0.484 e. The molecule has 8 heteroatoms. The molecule has 0 aliphatic heterocycles. The summed E-state index contributed by atoms with van der Waals surface area (Å²) in [5, 5.41) is 3.91. The maximum absolute atomic E-state index is 13.2. The van der Waals surface area contributed by atoms with Gasteiger partial charge in [-0.05, 0) is 55.7 Å². The molecule has 1 N–H and O–H groups in total. The van der Waals surface area contributed by atoms with E-state index in [0.717, 1.165) is 25.7 Å². The number of ether oxygens (including phenoxy) is 1. The Balaban J connectivity index is 1.80. The number of hydrogen-bond donors (Lipinski definition) is 1. The standard InChI is InChI=1S/C24H27Cl2FN2O3/c1-2-22(24(31)28-17-6-3-4-7-17)29(14-19-20(25)8-5-9-21(19)26)23(30)15-32-18-12-10-16(27)11-13-18/h5,8-13,17,22H,2-4,6-7,14-15H2,1H3,(H,28,31)/t22-/m1/s1. The van der Waals surface area contributed by atoms with E-state index in [0.29, 0.717) is 27.8 Å². The summed E-state index contributed by atoms with van der Waals surface area (Å²) in [4.78, 5) is 27.8. The molecule has 0 heterocycles. The van der Waals surface area contributed by atoms with Crippen molar-refractivity contribution in [2.24, 2.45) is 0 Å². The zero-order valence-electron chi connectivity index (χ0n) is 18.0. The van der Waals surface area contributed by atoms with Gasteiger partial charge in [0.15, 0.2) is 6.61 Å². The first kappa shape index (κ1) is 24.3. The number of nitrogens with zero attached hydrogens (tertiary/aromatic N) is 1. The first-order chi connectivity index (χ1) is 15.4. The fraction of sp³-hybridized carbons (Fsp3) is 0.417. The predicted octanol–water partition coefficient (Wildman–Crippen LogP) is 5.38. The smallest absolute Gasteiger partial charge is 0.261 e. The molecular weight excluding hydrogens is 454 g/mol. The first-order valence-electron chi connectivity index (χ1n) is 10.8. The molecule has 1 aliphatic carbocycles. The van der Waals surface area contributed by atoms with Crippen LogP contribution in [-0.4, -0.2) is 35.4 Å². The lowest BCUT2D eigenvalue weighted by molar-refractivity contribution is -0.143. The fourth-order valence-electron chi connectivity index (χ4n) is 3.90. The molecule has 0 radical (unpaired) electrons. The van der Waals surface area contributed by atoms with E-state index in [2.05, 4.69) is 5.32 Å². The highest BCUT2D eigenvalue weighted by molar-refractivity contribution is 6.36. The molecule has 1 saturated carbocycles. The van der Waals surface area contributed by atoms with Gasteiger partial charge in [-0.25, -0.2) is 4.39 Å². The number of halogens is 3. The quantitative estimate of drug-likeness (QED) is 0.524. The minimum absolute atomic E-state index is 0.0701. The summed E-state index contributed by atoms with van der Waals surface area (Å²) < 4.78 is 18.7. The van der Waals surface area contributed by atoms with Gasteiger partial charge in [0.1, 0.15) is 17.6 Å². The molecule has 2 aromatic rings. The molecular formula is C24H27Cl2FN2O3. The lowest BCUT2D eigenvalue weighted by atomic mass is 10.1. The molecule has 0 spiro atoms. The highest BCUT2D eigenvalue weighted by Crippen LogP contribution is 2.27. The van der Waals surface area contributed by atoms with Crippen molar-refractivity contribution in [3.63, 3.8) is 0 Å². The van der Waals surface area contributed by atoms with Gasteiger partial charge in [-0.3, -0.25) is 9.59 Å². The summed E-state index contributed by atoms with van der Waals surface area (Å²) in [6.45, 7) is 1.62. The Kier molecular flexibility index (Phi) is 8.76. The minimum atomic E-state index is -0.702. The maximum Gasteiger partial charge on any atom is 0.261 e. The van der Waals surface area contributed by atoms with E-state index in [-0.39, 0.29) is 25.1 Å². The van der Waals surface area contributed by atoms with Gasteiger partial charge in [0.05, 0.1) is 0 Å². The normalized spacial score (nSPS) is 14.8. The van der Waals surface area contributed by atoms with Crippen LogP contribution in [0.25, 0.3) is 0 Å². The second-order valence-corrected chi connectivity index (χ2v) is 8.69. The minimum Gasteiger partial charge on any atom is -0.484 e. The molecule has 0 saturated heterocycles. The topological polar surface area (TPSA) is 58.6 Å². The van der Waals surface area contributed by atoms with Crippen LogP contribution in [-0.2, 0) is 16.1 Å². The Labute approximate surface area is 197 Å². The molecule has 3 rings (SSSR count). The summed E-state index contributed by atoms with van der Waals surface area (Å²) in [6.07, 6.45) is 4.49. The number of carbonyl (C=O) groups excluding carboxylic acids is 2. The van der Waals surface area contributed by atoms with Crippen molar-refractivity contribution in [3.05, 3.63) is 63.9 Å². The molecule has 2 amide bonds. The average Bonchev–Trinajstić information content (AvgIpc) is 3.28. The van der Waals surface area contributed by atoms with Crippen LogP contribution >= 0.6 is 23.2 Å². The van der Waals surface area contributed by atoms with E-state index >= 15 is 0 Å². The lowest BCUT2D eigenvalue weighted by Gasteiger charge is -2.32. The van der Waals surface area contributed by atoms with Crippen molar-refractivity contribution in [2.45, 2.75) is 57.7 Å². The monoisotopic (exact) mass is 480 g/mol. The molecule has 1 atom stereocenters. The zero-order valence-corrected chi connectivity index (χ0v) is 19.5. The number of nitrogens with one attached hydrogen (secondary N) is 1. The van der Waals surface area contributed by atoms with Crippen LogP contribution in [0.1, 0.15) is 44.6 Å². The van der Waals surface area contributed by atoms with E-state index in [1.807, 2.05) is 6.92 Å². The summed E-state index contributed by atoms with van der Waals surface area (Å²) in [7, 11) is 0. The Morgan fingerprint density at radius 3 is 2.34 bits per heavy atom. The van der Waals surface area contributed by atoms with Gasteiger partial charge in [0.25, 0.3) is 5.91 Å². The van der Waals surface area contributed by atoms with E-state index in [1.54, 1.807) is 18.2 Å². The molecule has 0 unspecified atom stereocenters. The number of hydrogen-bond acceptors (Lipinski definition) is 3. The van der Waals surface area contributed by atoms with Crippen molar-refractivity contribution in [3.8, 4) is 5.75 Å². The molecule has 32 heavy (non-hydrogen) atoms. The van der Waals surface area contributed by atoms with E-state index in [9.17, 15) is 14.0 Å². The lowest BCUT2D eigenvalue weighted by Crippen LogP contribution is -2.52. The van der Waals surface area contributed by atoms with Gasteiger partial charge >= 0.3 is 0 Å². The van der Waals surface area contributed by atoms with Crippen LogP contribution < -0.4 is 10.1 Å². The van der Waals surface area contributed by atoms with Crippen molar-refractivity contribution >= 4 is 35.0 Å². The van der Waals surface area contributed by atoms with Gasteiger partial charge in [0.2, 0.25) is 5.91 Å². The van der Waals surface area contributed by atoms with Gasteiger partial charge in [0, 0.05) is 28.2 Å². The number of carbonyl (C=O) groups is 2. The van der Waals surface area contributed by atoms with Gasteiger partial charge in [-0.1, -0.05) is 49.0 Å². The Morgan fingerprint density at radius 2 is 1.75 bits per heavy atom. The number of amides is 2. The van der Waals surface area contributed by atoms with Crippen molar-refractivity contribution in [1.29, 1.82) is 0 Å². The second-order valence-electron chi connectivity index (χ2n) is 7.88. The Bertz CT molecular complexity index is 913. The van der Waals surface area contributed by atoms with Crippen LogP contribution in [0.4, 0.5) is 4.39 Å². The third-order valence-corrected chi connectivity index (χ3v) is 6.36. The van der Waals surface area contributed by atoms with Crippen LogP contribution in [0.5, 0.6) is 5.75 Å². The van der Waals surface area contributed by atoms with Crippen molar-refractivity contribution in [2.75, 3.05) is 6.61 Å². The highest BCUT2D eigenvalue weighted by Gasteiger charge is 2.31. The van der Waals surface area contributed by atoms with Crippen LogP contribution in [0.3, 0.4) is 0 Å². The molecule has 0 bridgehead atoms. The summed E-state index contributed by atoms with van der Waals surface area (Å²) in [5.74, 6) is -0.622. The summed E-state index contributed by atoms with van der Waals surface area (Å²) in [6, 6.07) is 9.95. The molecule has 0 aromatic heterocycles. The maximum atomic E-state index is 13.2. The van der Waals surface area contributed by atoms with Gasteiger partial charge < -0.3 is 15.0 Å². The first-order valence-corrected chi connectivity index (χ1v) is 11.6. The van der Waals surface area contributed by atoms with Crippen molar-refractivity contribution in [1.82, 2.24) is 10.2 Å². The van der Waals surface area contributed by atoms with Crippen molar-refractivity contribution < 1.29 is 18.7 Å². The molecule has 5 nitrogen and oxygen atoms in total. The number of benzene rings is 2. The van der Waals surface area contributed by atoms with Gasteiger partial charge in [-0.15, -0.1) is 0 Å². The Hall–Kier alpha value is -2.31. The summed E-state index contributed by atoms with van der Waals surface area (Å²) >= 11 is 12.7. The predicted molar refractivity (Wildman–Crippen MR) is 123 cm³/mol. The molecule has 1 fully saturated rings. The molecule has 2 aromatic carbocycles. The highest BCUT2D eigenvalue weighted by atomic mass is 35.5. The average molecular weight is 481 g/mol. The Morgan fingerprint density at radius 1 is 1.12 bits per heavy atom. The second kappa shape index (κ2) is 11.5. The van der Waals surface area contributed by atoms with Crippen LogP contribution in [0, 0.1) is 5.82 Å². The van der Waals surface area contributed by atoms with Gasteiger partial charge in [-0.2, -0.15) is 0 Å². The zero-order chi connectivity index (χ0) is 23.1. The SMILES string of the molecule is CC[C@H](C(=O)NC1CCCC1)N(Cc1c(Cl)cccc1Cl)C(=O)COc1ccc(F)cc1. The van der Waals surface area contributed by atoms with E-state index < -0.39 is 17.8 Å². The fourth-order valence-corrected chi connectivity index (χ4v) is 4.42. The van der Waals surface area contributed by atoms with Crippen LogP contribution in [0.2, 0.25) is 10.0 Å².